The zero-order valence-corrected chi connectivity index (χ0v) is 11.4. The maximum Gasteiger partial charge on any atom is 0.315 e. The topological polar surface area (TPSA) is 61.4 Å². The number of urea groups is 1. The van der Waals surface area contributed by atoms with E-state index in [9.17, 15) is 4.79 Å². The molecule has 0 heterocycles. The SMILES string of the molecule is Cc1cccc([C@@H](C)NC(=O)N[C@@H](C)CO)c1C. The Labute approximate surface area is 108 Å². The summed E-state index contributed by atoms with van der Waals surface area (Å²) < 4.78 is 0. The zero-order valence-electron chi connectivity index (χ0n) is 11.4. The van der Waals surface area contributed by atoms with Crippen LogP contribution in [0.5, 0.6) is 0 Å². The summed E-state index contributed by atoms with van der Waals surface area (Å²) in [6, 6.07) is 5.50. The third-order valence-corrected chi connectivity index (χ3v) is 3.11. The van der Waals surface area contributed by atoms with Gasteiger partial charge in [0.05, 0.1) is 18.7 Å². The van der Waals surface area contributed by atoms with Gasteiger partial charge >= 0.3 is 6.03 Å². The molecule has 1 aromatic carbocycles. The Kier molecular flexibility index (Phi) is 5.16. The molecule has 0 fully saturated rings. The van der Waals surface area contributed by atoms with Crippen LogP contribution < -0.4 is 10.6 Å². The van der Waals surface area contributed by atoms with Crippen LogP contribution in [0.4, 0.5) is 4.79 Å². The molecule has 3 N–H and O–H groups in total. The zero-order chi connectivity index (χ0) is 13.7. The van der Waals surface area contributed by atoms with E-state index < -0.39 is 0 Å². The van der Waals surface area contributed by atoms with E-state index in [0.29, 0.717) is 0 Å². The lowest BCUT2D eigenvalue weighted by Crippen LogP contribution is -2.43. The lowest BCUT2D eigenvalue weighted by molar-refractivity contribution is 0.218. The molecule has 4 heteroatoms. The number of carbonyl (C=O) groups is 1. The molecular formula is C14H22N2O2. The molecule has 0 aromatic heterocycles. The van der Waals surface area contributed by atoms with Crippen molar-refractivity contribution in [3.63, 3.8) is 0 Å². The highest BCUT2D eigenvalue weighted by Crippen LogP contribution is 2.19. The van der Waals surface area contributed by atoms with Gasteiger partial charge in [-0.3, -0.25) is 0 Å². The first-order chi connectivity index (χ1) is 8.45. The molecule has 0 radical (unpaired) electrons. The summed E-state index contributed by atoms with van der Waals surface area (Å²) in [6.45, 7) is 7.75. The third-order valence-electron chi connectivity index (χ3n) is 3.11. The van der Waals surface area contributed by atoms with E-state index in [0.717, 1.165) is 5.56 Å². The van der Waals surface area contributed by atoms with Crippen molar-refractivity contribution in [2.45, 2.75) is 39.8 Å². The van der Waals surface area contributed by atoms with E-state index in [1.807, 2.05) is 19.1 Å². The maximum absolute atomic E-state index is 11.7. The number of benzene rings is 1. The van der Waals surface area contributed by atoms with Gasteiger partial charge in [0.15, 0.2) is 0 Å². The van der Waals surface area contributed by atoms with E-state index in [-0.39, 0.29) is 24.7 Å². The molecule has 0 saturated carbocycles. The predicted molar refractivity (Wildman–Crippen MR) is 72.5 cm³/mol. The first-order valence-corrected chi connectivity index (χ1v) is 6.19. The highest BCUT2D eigenvalue weighted by atomic mass is 16.3. The van der Waals surface area contributed by atoms with E-state index in [4.69, 9.17) is 5.11 Å². The minimum Gasteiger partial charge on any atom is -0.394 e. The molecule has 0 saturated heterocycles. The van der Waals surface area contributed by atoms with Crippen molar-refractivity contribution in [3.05, 3.63) is 34.9 Å². The van der Waals surface area contributed by atoms with Crippen molar-refractivity contribution >= 4 is 6.03 Å². The largest absolute Gasteiger partial charge is 0.394 e. The number of carbonyl (C=O) groups excluding carboxylic acids is 1. The highest BCUT2D eigenvalue weighted by molar-refractivity contribution is 5.74. The molecule has 0 spiro atoms. The summed E-state index contributed by atoms with van der Waals surface area (Å²) in [7, 11) is 0. The molecule has 2 atom stereocenters. The average molecular weight is 250 g/mol. The van der Waals surface area contributed by atoms with Crippen LogP contribution in [0.1, 0.15) is 36.6 Å². The lowest BCUT2D eigenvalue weighted by atomic mass is 9.98. The number of aryl methyl sites for hydroxylation is 1. The van der Waals surface area contributed by atoms with E-state index in [1.165, 1.54) is 11.1 Å². The van der Waals surface area contributed by atoms with Crippen LogP contribution in [0.3, 0.4) is 0 Å². The molecule has 0 aliphatic carbocycles. The minimum atomic E-state index is -0.259. The molecule has 0 aliphatic rings. The van der Waals surface area contributed by atoms with Crippen molar-refractivity contribution < 1.29 is 9.90 Å². The van der Waals surface area contributed by atoms with Crippen LogP contribution in [0.15, 0.2) is 18.2 Å². The Hall–Kier alpha value is -1.55. The first kappa shape index (κ1) is 14.5. The van der Waals surface area contributed by atoms with Crippen LogP contribution in [-0.4, -0.2) is 23.8 Å². The molecule has 1 rings (SSSR count). The number of rotatable bonds is 4. The van der Waals surface area contributed by atoms with Gasteiger partial charge < -0.3 is 15.7 Å². The lowest BCUT2D eigenvalue weighted by Gasteiger charge is -2.19. The smallest absolute Gasteiger partial charge is 0.315 e. The monoisotopic (exact) mass is 250 g/mol. The molecule has 18 heavy (non-hydrogen) atoms. The van der Waals surface area contributed by atoms with Gasteiger partial charge in [-0.05, 0) is 44.4 Å². The Bertz CT molecular complexity index is 418. The van der Waals surface area contributed by atoms with E-state index >= 15 is 0 Å². The van der Waals surface area contributed by atoms with Gasteiger partial charge in [-0.1, -0.05) is 18.2 Å². The average Bonchev–Trinajstić information content (AvgIpc) is 2.32. The summed E-state index contributed by atoms with van der Waals surface area (Å²) in [4.78, 5) is 11.7. The van der Waals surface area contributed by atoms with Gasteiger partial charge in [0, 0.05) is 0 Å². The number of hydrogen-bond acceptors (Lipinski definition) is 2. The molecule has 4 nitrogen and oxygen atoms in total. The highest BCUT2D eigenvalue weighted by Gasteiger charge is 2.13. The number of aliphatic hydroxyl groups is 1. The van der Waals surface area contributed by atoms with Crippen LogP contribution >= 0.6 is 0 Å². The first-order valence-electron chi connectivity index (χ1n) is 6.19. The number of nitrogens with one attached hydrogen (secondary N) is 2. The van der Waals surface area contributed by atoms with Crippen molar-refractivity contribution in [2.75, 3.05) is 6.61 Å². The van der Waals surface area contributed by atoms with Gasteiger partial charge in [0.2, 0.25) is 0 Å². The normalized spacial score (nSPS) is 13.8. The van der Waals surface area contributed by atoms with Crippen LogP contribution in [0.25, 0.3) is 0 Å². The number of hydrogen-bond donors (Lipinski definition) is 3. The fourth-order valence-corrected chi connectivity index (χ4v) is 1.83. The van der Waals surface area contributed by atoms with Crippen LogP contribution in [0, 0.1) is 13.8 Å². The Morgan fingerprint density at radius 2 is 1.94 bits per heavy atom. The molecular weight excluding hydrogens is 228 g/mol. The predicted octanol–water partition coefficient (Wildman–Crippen LogP) is 2.04. The molecule has 0 bridgehead atoms. The molecule has 1 aromatic rings. The van der Waals surface area contributed by atoms with Gasteiger partial charge in [-0.25, -0.2) is 4.79 Å². The summed E-state index contributed by atoms with van der Waals surface area (Å²) in [6.07, 6.45) is 0. The summed E-state index contributed by atoms with van der Waals surface area (Å²) in [5.74, 6) is 0. The van der Waals surface area contributed by atoms with Crippen LogP contribution in [-0.2, 0) is 0 Å². The van der Waals surface area contributed by atoms with Gasteiger partial charge in [-0.15, -0.1) is 0 Å². The second-order valence-corrected chi connectivity index (χ2v) is 4.71. The Morgan fingerprint density at radius 3 is 2.56 bits per heavy atom. The van der Waals surface area contributed by atoms with Gasteiger partial charge in [0.25, 0.3) is 0 Å². The molecule has 100 valence electrons. The molecule has 0 unspecified atom stereocenters. The van der Waals surface area contributed by atoms with Gasteiger partial charge in [-0.2, -0.15) is 0 Å². The van der Waals surface area contributed by atoms with E-state index in [1.54, 1.807) is 6.92 Å². The van der Waals surface area contributed by atoms with Crippen molar-refractivity contribution in [2.24, 2.45) is 0 Å². The Balaban J connectivity index is 2.68. The number of aliphatic hydroxyl groups excluding tert-OH is 1. The van der Waals surface area contributed by atoms with Crippen molar-refractivity contribution in [1.29, 1.82) is 0 Å². The van der Waals surface area contributed by atoms with Crippen LogP contribution in [0.2, 0.25) is 0 Å². The third kappa shape index (κ3) is 3.74. The molecule has 2 amide bonds. The fraction of sp³-hybridized carbons (Fsp3) is 0.500. The van der Waals surface area contributed by atoms with Gasteiger partial charge in [0.1, 0.15) is 0 Å². The minimum absolute atomic E-state index is 0.0595. The fourth-order valence-electron chi connectivity index (χ4n) is 1.83. The van der Waals surface area contributed by atoms with E-state index in [2.05, 4.69) is 30.5 Å². The number of amides is 2. The standard InChI is InChI=1S/C14H22N2O2/c1-9-6-5-7-13(11(9)3)12(4)16-14(18)15-10(2)8-17/h5-7,10,12,17H,8H2,1-4H3,(H2,15,16,18)/t10-,12+/m0/s1. The summed E-state index contributed by atoms with van der Waals surface area (Å²) in [5.41, 5.74) is 3.52. The second kappa shape index (κ2) is 6.40. The summed E-state index contributed by atoms with van der Waals surface area (Å²) >= 11 is 0. The van der Waals surface area contributed by atoms with Crippen molar-refractivity contribution in [3.8, 4) is 0 Å². The quantitative estimate of drug-likeness (QED) is 0.766. The molecule has 0 aliphatic heterocycles. The maximum atomic E-state index is 11.7. The second-order valence-electron chi connectivity index (χ2n) is 4.71. The Morgan fingerprint density at radius 1 is 1.28 bits per heavy atom. The summed E-state index contributed by atoms with van der Waals surface area (Å²) in [5, 5.41) is 14.4. The van der Waals surface area contributed by atoms with Crippen molar-refractivity contribution in [1.82, 2.24) is 10.6 Å².